The Morgan fingerprint density at radius 3 is 2.50 bits per heavy atom. The highest BCUT2D eigenvalue weighted by Crippen LogP contribution is 2.28. The number of aryl methyl sites for hydroxylation is 1. The monoisotopic (exact) mass is 253 g/mol. The van der Waals surface area contributed by atoms with Crippen LogP contribution in [0, 0.1) is 5.41 Å². The summed E-state index contributed by atoms with van der Waals surface area (Å²) in [6.45, 7) is 5.16. The SMILES string of the molecule is CCC(CC)(CN(C)Cc1cnn(C)c1)C(=O)O. The number of rotatable bonds is 7. The van der Waals surface area contributed by atoms with Crippen LogP contribution in [0.3, 0.4) is 0 Å². The van der Waals surface area contributed by atoms with Gasteiger partial charge in [0.05, 0.1) is 11.6 Å². The van der Waals surface area contributed by atoms with E-state index in [1.807, 2.05) is 40.3 Å². The van der Waals surface area contributed by atoms with Crippen LogP contribution >= 0.6 is 0 Å². The van der Waals surface area contributed by atoms with Gasteiger partial charge in [-0.25, -0.2) is 0 Å². The number of carboxylic acids is 1. The molecule has 0 fully saturated rings. The normalized spacial score (nSPS) is 12.1. The van der Waals surface area contributed by atoms with Crippen molar-refractivity contribution in [2.75, 3.05) is 13.6 Å². The van der Waals surface area contributed by atoms with Gasteiger partial charge in [0.15, 0.2) is 0 Å². The van der Waals surface area contributed by atoms with Crippen LogP contribution in [0.2, 0.25) is 0 Å². The summed E-state index contributed by atoms with van der Waals surface area (Å²) >= 11 is 0. The van der Waals surface area contributed by atoms with Crippen molar-refractivity contribution >= 4 is 5.97 Å². The highest BCUT2D eigenvalue weighted by Gasteiger charge is 2.35. The Morgan fingerprint density at radius 1 is 1.50 bits per heavy atom. The molecule has 0 aliphatic heterocycles. The maximum atomic E-state index is 11.4. The third kappa shape index (κ3) is 3.32. The first-order chi connectivity index (χ1) is 8.43. The van der Waals surface area contributed by atoms with Gasteiger partial charge in [-0.05, 0) is 19.9 Å². The Hall–Kier alpha value is -1.36. The molecule has 0 radical (unpaired) electrons. The van der Waals surface area contributed by atoms with Gasteiger partial charge >= 0.3 is 5.97 Å². The van der Waals surface area contributed by atoms with Crippen molar-refractivity contribution in [1.82, 2.24) is 14.7 Å². The van der Waals surface area contributed by atoms with E-state index in [-0.39, 0.29) is 0 Å². The van der Waals surface area contributed by atoms with E-state index in [1.165, 1.54) is 0 Å². The molecule has 1 rings (SSSR count). The van der Waals surface area contributed by atoms with Gasteiger partial charge in [-0.2, -0.15) is 5.10 Å². The lowest BCUT2D eigenvalue weighted by molar-refractivity contribution is -0.150. The minimum Gasteiger partial charge on any atom is -0.481 e. The van der Waals surface area contributed by atoms with Crippen LogP contribution in [-0.4, -0.2) is 39.3 Å². The quantitative estimate of drug-likeness (QED) is 0.804. The average molecular weight is 253 g/mol. The van der Waals surface area contributed by atoms with Gasteiger partial charge in [-0.3, -0.25) is 9.48 Å². The molecule has 0 bridgehead atoms. The lowest BCUT2D eigenvalue weighted by atomic mass is 9.82. The zero-order valence-electron chi connectivity index (χ0n) is 11.7. The third-order valence-electron chi connectivity index (χ3n) is 3.59. The molecule has 0 aliphatic rings. The van der Waals surface area contributed by atoms with Crippen LogP contribution in [0.15, 0.2) is 12.4 Å². The van der Waals surface area contributed by atoms with Crippen molar-refractivity contribution in [3.63, 3.8) is 0 Å². The van der Waals surface area contributed by atoms with E-state index >= 15 is 0 Å². The molecule has 102 valence electrons. The van der Waals surface area contributed by atoms with E-state index in [2.05, 4.69) is 10.00 Å². The van der Waals surface area contributed by atoms with Crippen LogP contribution in [0.1, 0.15) is 32.3 Å². The molecule has 0 saturated carbocycles. The highest BCUT2D eigenvalue weighted by molar-refractivity contribution is 5.74. The third-order valence-corrected chi connectivity index (χ3v) is 3.59. The van der Waals surface area contributed by atoms with Crippen molar-refractivity contribution in [1.29, 1.82) is 0 Å². The molecule has 0 aromatic carbocycles. The van der Waals surface area contributed by atoms with Gasteiger partial charge in [-0.15, -0.1) is 0 Å². The Morgan fingerprint density at radius 2 is 2.11 bits per heavy atom. The largest absolute Gasteiger partial charge is 0.481 e. The molecule has 0 saturated heterocycles. The lowest BCUT2D eigenvalue weighted by Gasteiger charge is -2.31. The maximum Gasteiger partial charge on any atom is 0.310 e. The van der Waals surface area contributed by atoms with Crippen LogP contribution in [0.4, 0.5) is 0 Å². The zero-order valence-corrected chi connectivity index (χ0v) is 11.7. The lowest BCUT2D eigenvalue weighted by Crippen LogP contribution is -2.40. The molecule has 0 atom stereocenters. The molecule has 1 aromatic rings. The Labute approximate surface area is 108 Å². The van der Waals surface area contributed by atoms with E-state index < -0.39 is 11.4 Å². The number of carbonyl (C=O) groups is 1. The van der Waals surface area contributed by atoms with Crippen molar-refractivity contribution in [3.8, 4) is 0 Å². The fraction of sp³-hybridized carbons (Fsp3) is 0.692. The fourth-order valence-electron chi connectivity index (χ4n) is 2.28. The molecule has 18 heavy (non-hydrogen) atoms. The van der Waals surface area contributed by atoms with Crippen LogP contribution < -0.4 is 0 Å². The number of aromatic nitrogens is 2. The molecule has 0 unspecified atom stereocenters. The molecule has 1 aromatic heterocycles. The summed E-state index contributed by atoms with van der Waals surface area (Å²) in [5.74, 6) is -0.703. The summed E-state index contributed by atoms with van der Waals surface area (Å²) in [7, 11) is 3.83. The molecule has 0 spiro atoms. The van der Waals surface area contributed by atoms with Gasteiger partial charge in [0, 0.05) is 31.9 Å². The number of hydrogen-bond acceptors (Lipinski definition) is 3. The van der Waals surface area contributed by atoms with Crippen molar-refractivity contribution < 1.29 is 9.90 Å². The molecular weight excluding hydrogens is 230 g/mol. The van der Waals surface area contributed by atoms with Gasteiger partial charge in [-0.1, -0.05) is 13.8 Å². The zero-order chi connectivity index (χ0) is 13.8. The van der Waals surface area contributed by atoms with Crippen molar-refractivity contribution in [2.45, 2.75) is 33.2 Å². The van der Waals surface area contributed by atoms with Crippen LogP contribution in [0.25, 0.3) is 0 Å². The van der Waals surface area contributed by atoms with Crippen LogP contribution in [0.5, 0.6) is 0 Å². The summed E-state index contributed by atoms with van der Waals surface area (Å²) in [6.07, 6.45) is 5.07. The summed E-state index contributed by atoms with van der Waals surface area (Å²) in [4.78, 5) is 13.5. The predicted molar refractivity (Wildman–Crippen MR) is 70.2 cm³/mol. The van der Waals surface area contributed by atoms with Gasteiger partial charge in [0.2, 0.25) is 0 Å². The summed E-state index contributed by atoms with van der Waals surface area (Å²) < 4.78 is 1.76. The molecule has 0 amide bonds. The topological polar surface area (TPSA) is 58.4 Å². The predicted octanol–water partition coefficient (Wildman–Crippen LogP) is 1.74. The number of nitrogens with zero attached hydrogens (tertiary/aromatic N) is 3. The Kier molecular flexibility index (Phi) is 4.90. The highest BCUT2D eigenvalue weighted by atomic mass is 16.4. The van der Waals surface area contributed by atoms with E-state index in [4.69, 9.17) is 0 Å². The molecule has 1 N–H and O–H groups in total. The van der Waals surface area contributed by atoms with Crippen molar-refractivity contribution in [2.24, 2.45) is 12.5 Å². The number of hydrogen-bond donors (Lipinski definition) is 1. The Bertz CT molecular complexity index is 397. The minimum absolute atomic E-state index is 0.560. The van der Waals surface area contributed by atoms with Gasteiger partial charge < -0.3 is 10.0 Å². The molecule has 5 heteroatoms. The second kappa shape index (κ2) is 6.00. The Balaban J connectivity index is 2.67. The van der Waals surface area contributed by atoms with E-state index in [0.29, 0.717) is 19.4 Å². The summed E-state index contributed by atoms with van der Waals surface area (Å²) in [6, 6.07) is 0. The van der Waals surface area contributed by atoms with Crippen molar-refractivity contribution in [3.05, 3.63) is 18.0 Å². The molecule has 1 heterocycles. The molecule has 5 nitrogen and oxygen atoms in total. The molecular formula is C13H23N3O2. The van der Waals surface area contributed by atoms with Crippen LogP contribution in [-0.2, 0) is 18.4 Å². The minimum atomic E-state index is -0.703. The fourth-order valence-corrected chi connectivity index (χ4v) is 2.28. The summed E-state index contributed by atoms with van der Waals surface area (Å²) in [5, 5.41) is 13.5. The maximum absolute atomic E-state index is 11.4. The van der Waals surface area contributed by atoms with E-state index in [0.717, 1.165) is 12.1 Å². The smallest absolute Gasteiger partial charge is 0.310 e. The first-order valence-electron chi connectivity index (χ1n) is 6.33. The first-order valence-corrected chi connectivity index (χ1v) is 6.33. The molecule has 0 aliphatic carbocycles. The van der Waals surface area contributed by atoms with E-state index in [9.17, 15) is 9.90 Å². The first kappa shape index (κ1) is 14.7. The number of carboxylic acid groups (broad SMARTS) is 1. The number of aliphatic carboxylic acids is 1. The average Bonchev–Trinajstić information content (AvgIpc) is 2.71. The van der Waals surface area contributed by atoms with Gasteiger partial charge in [0.1, 0.15) is 0 Å². The second-order valence-electron chi connectivity index (χ2n) is 4.99. The summed E-state index contributed by atoms with van der Waals surface area (Å²) in [5.41, 5.74) is 0.461. The standard InChI is InChI=1S/C13H23N3O2/c1-5-13(6-2,12(17)18)10-15(3)8-11-7-14-16(4)9-11/h7,9H,5-6,8,10H2,1-4H3,(H,17,18). The van der Waals surface area contributed by atoms with E-state index in [1.54, 1.807) is 4.68 Å². The van der Waals surface area contributed by atoms with Gasteiger partial charge in [0.25, 0.3) is 0 Å². The second-order valence-corrected chi connectivity index (χ2v) is 4.99.